The molecule has 0 amide bonds. The highest BCUT2D eigenvalue weighted by molar-refractivity contribution is 6.84. The minimum Gasteiger partial charge on any atom is -0.424 e. The van der Waals surface area contributed by atoms with Gasteiger partial charge in [0.25, 0.3) is 5.79 Å². The fraction of sp³-hybridized carbons (Fsp3) is 0.800. The van der Waals surface area contributed by atoms with Crippen LogP contribution in [-0.2, 0) is 14.2 Å². The Balaban J connectivity index is 2.68. The van der Waals surface area contributed by atoms with E-state index in [0.717, 1.165) is 0 Å². The van der Waals surface area contributed by atoms with Crippen LogP contribution in [-0.4, -0.2) is 32.7 Å². The van der Waals surface area contributed by atoms with Crippen molar-refractivity contribution in [1.29, 1.82) is 0 Å². The van der Waals surface area contributed by atoms with Crippen molar-refractivity contribution < 1.29 is 19.0 Å². The Morgan fingerprint density at radius 1 is 1.45 bits per heavy atom. The van der Waals surface area contributed by atoms with E-state index in [2.05, 4.69) is 46.5 Å². The number of ether oxygens (including phenoxy) is 3. The normalized spacial score (nSPS) is 28.3. The Morgan fingerprint density at radius 2 is 2.00 bits per heavy atom. The molecule has 1 heterocycles. The van der Waals surface area contributed by atoms with Crippen molar-refractivity contribution in [2.75, 3.05) is 6.61 Å². The molecule has 0 aromatic heterocycles. The molecule has 0 bridgehead atoms. The molecule has 0 saturated carbocycles. The van der Waals surface area contributed by atoms with E-state index in [4.69, 9.17) is 14.2 Å². The van der Waals surface area contributed by atoms with E-state index in [9.17, 15) is 4.79 Å². The van der Waals surface area contributed by atoms with Crippen molar-refractivity contribution in [3.05, 3.63) is 11.3 Å². The van der Waals surface area contributed by atoms with Crippen LogP contribution in [0.25, 0.3) is 0 Å². The molecule has 1 rings (SSSR count). The third-order valence-corrected chi connectivity index (χ3v) is 9.50. The van der Waals surface area contributed by atoms with E-state index in [1.807, 2.05) is 0 Å². The van der Waals surface area contributed by atoms with Crippen molar-refractivity contribution in [2.45, 2.75) is 71.6 Å². The molecule has 4 nitrogen and oxygen atoms in total. The van der Waals surface area contributed by atoms with Gasteiger partial charge in [0, 0.05) is 6.92 Å². The third-order valence-electron chi connectivity index (χ3n) is 4.42. The summed E-state index contributed by atoms with van der Waals surface area (Å²) < 4.78 is 15.9. The van der Waals surface area contributed by atoms with E-state index in [-0.39, 0.29) is 0 Å². The lowest BCUT2D eigenvalue weighted by Crippen LogP contribution is -2.39. The summed E-state index contributed by atoms with van der Waals surface area (Å²) in [6.07, 6.45) is -1.05. The second kappa shape index (κ2) is 5.52. The van der Waals surface area contributed by atoms with E-state index in [1.165, 1.54) is 5.57 Å². The van der Waals surface area contributed by atoms with Gasteiger partial charge in [0.2, 0.25) is 0 Å². The number of hydrogen-bond donors (Lipinski definition) is 0. The van der Waals surface area contributed by atoms with Gasteiger partial charge in [-0.25, -0.2) is 4.79 Å². The smallest absolute Gasteiger partial charge is 0.424 e. The molecule has 0 aromatic rings. The number of carbonyl (C=O) groups is 1. The molecule has 1 aliphatic rings. The highest BCUT2D eigenvalue weighted by Crippen LogP contribution is 2.37. The Bertz CT molecular complexity index is 409. The van der Waals surface area contributed by atoms with Gasteiger partial charge in [0.1, 0.15) is 0 Å². The summed E-state index contributed by atoms with van der Waals surface area (Å²) in [5.41, 5.74) is 3.53. The van der Waals surface area contributed by atoms with E-state index in [0.29, 0.717) is 11.6 Å². The van der Waals surface area contributed by atoms with E-state index in [1.54, 1.807) is 13.8 Å². The highest BCUT2D eigenvalue weighted by atomic mass is 28.3. The summed E-state index contributed by atoms with van der Waals surface area (Å²) in [5.74, 6) is -0.986. The molecule has 0 N–H and O–H groups in total. The van der Waals surface area contributed by atoms with Crippen molar-refractivity contribution in [2.24, 2.45) is 0 Å². The minimum atomic E-state index is -1.48. The summed E-state index contributed by atoms with van der Waals surface area (Å²) in [6.45, 7) is 17.6. The molecule has 0 radical (unpaired) electrons. The van der Waals surface area contributed by atoms with Crippen LogP contribution in [0.3, 0.4) is 0 Å². The Hall–Kier alpha value is -0.813. The second-order valence-corrected chi connectivity index (χ2v) is 12.6. The van der Waals surface area contributed by atoms with Gasteiger partial charge in [0.05, 0.1) is 14.7 Å². The zero-order chi connectivity index (χ0) is 15.8. The van der Waals surface area contributed by atoms with Gasteiger partial charge in [-0.15, -0.1) is 0 Å². The van der Waals surface area contributed by atoms with Crippen molar-refractivity contribution >= 4 is 14.2 Å². The van der Waals surface area contributed by atoms with Crippen LogP contribution < -0.4 is 0 Å². The summed E-state index contributed by atoms with van der Waals surface area (Å²) in [4.78, 5) is 11.1. The molecule has 0 aliphatic carbocycles. The fourth-order valence-electron chi connectivity index (χ4n) is 1.80. The largest absolute Gasteiger partial charge is 0.511 e. The molecule has 1 saturated heterocycles. The van der Waals surface area contributed by atoms with Gasteiger partial charge in [0.15, 0.2) is 6.10 Å². The Labute approximate surface area is 123 Å². The lowest BCUT2D eigenvalue weighted by Gasteiger charge is -2.35. The van der Waals surface area contributed by atoms with Crippen LogP contribution in [0.2, 0.25) is 18.1 Å². The van der Waals surface area contributed by atoms with Crippen LogP contribution in [0.4, 0.5) is 4.79 Å². The van der Waals surface area contributed by atoms with Crippen LogP contribution >= 0.6 is 0 Å². The molecule has 0 spiro atoms. The summed E-state index contributed by atoms with van der Waals surface area (Å²) in [6, 6.07) is 0. The molecule has 2 atom stereocenters. The third kappa shape index (κ3) is 3.85. The Morgan fingerprint density at radius 3 is 2.40 bits per heavy atom. The predicted molar refractivity (Wildman–Crippen MR) is 82.3 cm³/mol. The molecule has 116 valence electrons. The topological polar surface area (TPSA) is 44.8 Å². The van der Waals surface area contributed by atoms with Gasteiger partial charge < -0.3 is 14.2 Å². The molecular weight excluding hydrogens is 272 g/mol. The molecule has 5 heteroatoms. The first kappa shape index (κ1) is 17.2. The summed E-state index contributed by atoms with van der Waals surface area (Å²) >= 11 is 0. The number of hydrogen-bond acceptors (Lipinski definition) is 4. The summed E-state index contributed by atoms with van der Waals surface area (Å²) in [7, 11) is -1.48. The summed E-state index contributed by atoms with van der Waals surface area (Å²) in [5, 5.41) is 0.300. The van der Waals surface area contributed by atoms with Gasteiger partial charge in [-0.1, -0.05) is 45.1 Å². The average Bonchev–Trinajstić information content (AvgIpc) is 2.48. The van der Waals surface area contributed by atoms with E-state index >= 15 is 0 Å². The zero-order valence-electron chi connectivity index (χ0n) is 14.0. The van der Waals surface area contributed by atoms with Gasteiger partial charge in [-0.2, -0.15) is 0 Å². The number of cyclic esters (lactones) is 2. The lowest BCUT2D eigenvalue weighted by atomic mass is 10.2. The van der Waals surface area contributed by atoms with Gasteiger partial charge >= 0.3 is 6.16 Å². The first-order valence-electron chi connectivity index (χ1n) is 7.09. The quantitative estimate of drug-likeness (QED) is 0.574. The monoisotopic (exact) mass is 300 g/mol. The molecule has 1 aliphatic heterocycles. The van der Waals surface area contributed by atoms with Crippen molar-refractivity contribution in [3.63, 3.8) is 0 Å². The Kier molecular flexibility index (Phi) is 4.76. The second-order valence-electron chi connectivity index (χ2n) is 7.38. The maximum absolute atomic E-state index is 11.1. The SMILES string of the molecule is C/C(=C\[Si](C)(C)C(C)(C)C)COC1(C)OC(=O)OC1C. The van der Waals surface area contributed by atoms with Crippen LogP contribution in [0.1, 0.15) is 41.5 Å². The maximum Gasteiger partial charge on any atom is 0.511 e. The van der Waals surface area contributed by atoms with Crippen molar-refractivity contribution in [1.82, 2.24) is 0 Å². The molecule has 0 aromatic carbocycles. The van der Waals surface area contributed by atoms with Crippen molar-refractivity contribution in [3.8, 4) is 0 Å². The first-order valence-corrected chi connectivity index (χ1v) is 10.2. The minimum absolute atomic E-state index is 0.300. The van der Waals surface area contributed by atoms with Crippen LogP contribution in [0.5, 0.6) is 0 Å². The highest BCUT2D eigenvalue weighted by Gasteiger charge is 2.46. The number of carbonyl (C=O) groups excluding carboxylic acids is 1. The zero-order valence-corrected chi connectivity index (χ0v) is 15.0. The fourth-order valence-corrected chi connectivity index (χ4v) is 3.55. The molecule has 20 heavy (non-hydrogen) atoms. The molecular formula is C15H28O4Si. The van der Waals surface area contributed by atoms with Crippen LogP contribution in [0.15, 0.2) is 11.3 Å². The number of rotatable bonds is 4. The van der Waals surface area contributed by atoms with Gasteiger partial charge in [-0.3, -0.25) is 0 Å². The molecule has 2 unspecified atom stereocenters. The van der Waals surface area contributed by atoms with Crippen LogP contribution in [0, 0.1) is 0 Å². The first-order chi connectivity index (χ1) is 8.87. The van der Waals surface area contributed by atoms with Gasteiger partial charge in [-0.05, 0) is 18.9 Å². The standard InChI is InChI=1S/C15H28O4Si/c1-11(10-20(7,8)14(3,4)5)9-17-15(6)12(2)18-13(16)19-15/h10,12H,9H2,1-8H3/b11-10+. The maximum atomic E-state index is 11.1. The predicted octanol–water partition coefficient (Wildman–Crippen LogP) is 4.27. The van der Waals surface area contributed by atoms with E-state index < -0.39 is 26.1 Å². The average molecular weight is 300 g/mol. The lowest BCUT2D eigenvalue weighted by molar-refractivity contribution is -0.180. The molecule has 1 fully saturated rings.